The number of amides is 1. The Labute approximate surface area is 66.1 Å². The normalized spacial score (nSPS) is 9.73. The fraction of sp³-hybridized carbons (Fsp3) is 0.400. The molecule has 0 bridgehead atoms. The van der Waals surface area contributed by atoms with Crippen LogP contribution in [0.2, 0.25) is 0 Å². The Kier molecular flexibility index (Phi) is 3.17. The van der Waals surface area contributed by atoms with Gasteiger partial charge in [-0.15, -0.1) is 0 Å². The lowest BCUT2D eigenvalue weighted by atomic mass is 10.5. The fourth-order valence-corrected chi connectivity index (χ4v) is 0.408. The Hall–Kier alpha value is -1.33. The topological polar surface area (TPSA) is 63.7 Å². The summed E-state index contributed by atoms with van der Waals surface area (Å²) in [6.07, 6.45) is -1.35. The highest BCUT2D eigenvalue weighted by Gasteiger charge is 2.10. The second-order valence-electron chi connectivity index (χ2n) is 1.84. The van der Waals surface area contributed by atoms with E-state index in [0.29, 0.717) is 0 Å². The fourth-order valence-electron chi connectivity index (χ4n) is 0.408. The van der Waals surface area contributed by atoms with E-state index < -0.39 is 18.1 Å². The molecule has 0 saturated heterocycles. The van der Waals surface area contributed by atoms with Gasteiger partial charge in [-0.1, -0.05) is 0 Å². The smallest absolute Gasteiger partial charge is 0.326 e. The Morgan fingerprint density at radius 3 is 2.73 bits per heavy atom. The van der Waals surface area contributed by atoms with Crippen LogP contribution in [0.1, 0.15) is 1.37 Å². The van der Waals surface area contributed by atoms with Gasteiger partial charge >= 0.3 is 14.0 Å². The van der Waals surface area contributed by atoms with Crippen LogP contribution in [0.15, 0.2) is 0 Å². The van der Waals surface area contributed by atoms with Gasteiger partial charge in [0.25, 0.3) is 5.91 Å². The summed E-state index contributed by atoms with van der Waals surface area (Å²) in [6.45, 7) is -0.319. The van der Waals surface area contributed by atoms with Crippen molar-refractivity contribution in [1.82, 2.24) is 4.90 Å². The third kappa shape index (κ3) is 3.39. The molecule has 0 spiro atoms. The lowest BCUT2D eigenvalue weighted by Gasteiger charge is -2.11. The van der Waals surface area contributed by atoms with Crippen LogP contribution in [0.25, 0.3) is 0 Å². The highest BCUT2D eigenvalue weighted by Crippen LogP contribution is 1.82. The SMILES string of the molecule is [2H]C(=O)C(=O)N(C)CC(=O)OB. The van der Waals surface area contributed by atoms with Gasteiger partial charge in [-0.05, 0) is 0 Å². The number of rotatable bonds is 3. The first kappa shape index (κ1) is 7.78. The van der Waals surface area contributed by atoms with Crippen molar-refractivity contribution in [2.45, 2.75) is 0 Å². The van der Waals surface area contributed by atoms with Crippen LogP contribution in [0, 0.1) is 0 Å². The number of carbonyl (C=O) groups is 3. The van der Waals surface area contributed by atoms with Crippen LogP contribution >= 0.6 is 0 Å². The van der Waals surface area contributed by atoms with E-state index in [-0.39, 0.29) is 6.54 Å². The van der Waals surface area contributed by atoms with Gasteiger partial charge < -0.3 is 9.55 Å². The first-order chi connectivity index (χ1) is 5.49. The lowest BCUT2D eigenvalue weighted by Crippen LogP contribution is -2.33. The summed E-state index contributed by atoms with van der Waals surface area (Å²) < 4.78 is 10.7. The van der Waals surface area contributed by atoms with Gasteiger partial charge in [0, 0.05) is 7.05 Å². The van der Waals surface area contributed by atoms with Crippen LogP contribution in [-0.2, 0) is 19.0 Å². The molecule has 0 aliphatic rings. The minimum Gasteiger partial charge on any atom is -0.542 e. The van der Waals surface area contributed by atoms with Crippen LogP contribution in [0.5, 0.6) is 0 Å². The summed E-state index contributed by atoms with van der Waals surface area (Å²) in [5.41, 5.74) is 0. The molecule has 0 aromatic carbocycles. The molecule has 0 radical (unpaired) electrons. The molecule has 0 N–H and O–H groups in total. The maximum atomic E-state index is 10.7. The van der Waals surface area contributed by atoms with Crippen molar-refractivity contribution < 1.29 is 20.4 Å². The zero-order valence-corrected chi connectivity index (χ0v) is 6.29. The largest absolute Gasteiger partial charge is 0.542 e. The van der Waals surface area contributed by atoms with E-state index in [1.807, 2.05) is 0 Å². The maximum Gasteiger partial charge on any atom is 0.326 e. The first-order valence-corrected chi connectivity index (χ1v) is 2.82. The molecule has 0 aliphatic carbocycles. The third-order valence-electron chi connectivity index (χ3n) is 1.03. The average Bonchev–Trinajstić information content (AvgIpc) is 2.02. The van der Waals surface area contributed by atoms with Gasteiger partial charge in [0.1, 0.15) is 7.92 Å². The van der Waals surface area contributed by atoms with Gasteiger partial charge in [-0.25, -0.2) is 0 Å². The highest BCUT2D eigenvalue weighted by atomic mass is 16.5. The standard InChI is InChI=1S/C5H8BNO4/c1-7(4(9)3-8)2-5(10)11-6/h3H,2,6H2,1H3/i3D. The number of hydrogen-bond acceptors (Lipinski definition) is 4. The molecule has 0 saturated carbocycles. The molecule has 0 fully saturated rings. The van der Waals surface area contributed by atoms with Crippen molar-refractivity contribution in [1.29, 1.82) is 0 Å². The van der Waals surface area contributed by atoms with Crippen LogP contribution in [-0.4, -0.2) is 44.7 Å². The summed E-state index contributed by atoms with van der Waals surface area (Å²) in [7, 11) is 2.41. The van der Waals surface area contributed by atoms with E-state index in [2.05, 4.69) is 4.65 Å². The number of likely N-dealkylation sites (N-methyl/N-ethyl adjacent to an activating group) is 1. The zero-order valence-electron chi connectivity index (χ0n) is 7.29. The zero-order chi connectivity index (χ0) is 9.72. The number of nitrogens with zero attached hydrogens (tertiary/aromatic N) is 1. The molecular formula is C5H8BNO4. The molecule has 0 heterocycles. The van der Waals surface area contributed by atoms with Gasteiger partial charge in [-0.2, -0.15) is 0 Å². The Morgan fingerprint density at radius 1 is 1.82 bits per heavy atom. The summed E-state index contributed by atoms with van der Waals surface area (Å²) in [6, 6.07) is 0. The van der Waals surface area contributed by atoms with Gasteiger partial charge in [0.15, 0.2) is 0 Å². The number of hydrogen-bond donors (Lipinski definition) is 0. The minimum atomic E-state index is -1.35. The van der Waals surface area contributed by atoms with E-state index in [1.165, 1.54) is 15.1 Å². The summed E-state index contributed by atoms with van der Waals surface area (Å²) >= 11 is 0. The van der Waals surface area contributed by atoms with Crippen LogP contribution in [0.4, 0.5) is 0 Å². The number of carbonyl (C=O) groups excluding carboxylic acids is 3. The van der Waals surface area contributed by atoms with E-state index >= 15 is 0 Å². The quantitative estimate of drug-likeness (QED) is 0.264. The Balaban J connectivity index is 4.04. The first-order valence-electron chi connectivity index (χ1n) is 3.32. The predicted octanol–water partition coefficient (Wildman–Crippen LogP) is -2.27. The van der Waals surface area contributed by atoms with Gasteiger partial charge in [0.2, 0.25) is 6.26 Å². The summed E-state index contributed by atoms with van der Waals surface area (Å²) in [5, 5.41) is 0. The summed E-state index contributed by atoms with van der Waals surface area (Å²) in [5.74, 6) is -1.66. The lowest BCUT2D eigenvalue weighted by molar-refractivity contribution is -0.143. The van der Waals surface area contributed by atoms with E-state index in [1.54, 1.807) is 0 Å². The van der Waals surface area contributed by atoms with Crippen molar-refractivity contribution >= 4 is 26.2 Å². The van der Waals surface area contributed by atoms with Crippen molar-refractivity contribution in [2.75, 3.05) is 13.6 Å². The molecule has 0 unspecified atom stereocenters. The van der Waals surface area contributed by atoms with E-state index in [9.17, 15) is 14.4 Å². The average molecular weight is 158 g/mol. The Bertz CT molecular complexity index is 219. The predicted molar refractivity (Wildman–Crippen MR) is 38.3 cm³/mol. The van der Waals surface area contributed by atoms with E-state index in [4.69, 9.17) is 1.37 Å². The highest BCUT2D eigenvalue weighted by molar-refractivity contribution is 6.23. The van der Waals surface area contributed by atoms with Gasteiger partial charge in [0.05, 0.1) is 0 Å². The summed E-state index contributed by atoms with van der Waals surface area (Å²) in [4.78, 5) is 32.2. The van der Waals surface area contributed by atoms with Crippen LogP contribution < -0.4 is 0 Å². The monoisotopic (exact) mass is 158 g/mol. The molecule has 6 heteroatoms. The third-order valence-corrected chi connectivity index (χ3v) is 1.03. The minimum absolute atomic E-state index is 0.319. The molecule has 0 aromatic heterocycles. The molecule has 0 aromatic rings. The molecular weight excluding hydrogens is 149 g/mol. The van der Waals surface area contributed by atoms with Crippen molar-refractivity contribution in [3.63, 3.8) is 0 Å². The van der Waals surface area contributed by atoms with Crippen molar-refractivity contribution in [3.8, 4) is 0 Å². The molecule has 1 amide bonds. The number of aldehydes is 1. The Morgan fingerprint density at radius 2 is 2.36 bits per heavy atom. The second kappa shape index (κ2) is 4.48. The van der Waals surface area contributed by atoms with E-state index in [0.717, 1.165) is 4.90 Å². The molecule has 5 nitrogen and oxygen atoms in total. The van der Waals surface area contributed by atoms with Crippen molar-refractivity contribution in [2.24, 2.45) is 0 Å². The molecule has 0 aliphatic heterocycles. The second-order valence-corrected chi connectivity index (χ2v) is 1.84. The molecule has 0 atom stereocenters. The maximum absolute atomic E-state index is 10.7. The van der Waals surface area contributed by atoms with Crippen LogP contribution in [0.3, 0.4) is 0 Å². The molecule has 0 rings (SSSR count). The molecule has 11 heavy (non-hydrogen) atoms. The van der Waals surface area contributed by atoms with Crippen molar-refractivity contribution in [3.05, 3.63) is 0 Å². The van der Waals surface area contributed by atoms with Gasteiger partial charge in [-0.3, -0.25) is 14.4 Å². The molecule has 60 valence electrons.